The summed E-state index contributed by atoms with van der Waals surface area (Å²) >= 11 is 1.40. The summed E-state index contributed by atoms with van der Waals surface area (Å²) in [5.74, 6) is -0.274. The highest BCUT2D eigenvalue weighted by molar-refractivity contribution is 7.15. The number of rotatable bonds is 5. The van der Waals surface area contributed by atoms with Crippen molar-refractivity contribution in [1.82, 2.24) is 9.88 Å². The Hall–Kier alpha value is -2.19. The Balaban J connectivity index is 1.64. The predicted octanol–water partition coefficient (Wildman–Crippen LogP) is 1.91. The van der Waals surface area contributed by atoms with Crippen molar-refractivity contribution in [3.63, 3.8) is 0 Å². The molecular formula is C15H17N3O4S. The normalized spacial score (nSPS) is 13.7. The molecule has 2 amide bonds. The monoisotopic (exact) mass is 335 g/mol. The molecule has 2 aromatic rings. The summed E-state index contributed by atoms with van der Waals surface area (Å²) in [4.78, 5) is 31.2. The van der Waals surface area contributed by atoms with E-state index in [0.29, 0.717) is 36.8 Å². The Morgan fingerprint density at radius 2 is 2.39 bits per heavy atom. The minimum atomic E-state index is -0.255. The van der Waals surface area contributed by atoms with Crippen molar-refractivity contribution in [1.29, 1.82) is 0 Å². The number of carbonyl (C=O) groups is 2. The molecule has 0 aliphatic carbocycles. The molecule has 1 N–H and O–H groups in total. The van der Waals surface area contributed by atoms with E-state index >= 15 is 0 Å². The topological polar surface area (TPSA) is 84.7 Å². The number of thiazole rings is 1. The minimum absolute atomic E-state index is 0.0186. The van der Waals surface area contributed by atoms with Gasteiger partial charge in [-0.05, 0) is 13.0 Å². The third-order valence-electron chi connectivity index (χ3n) is 3.52. The molecule has 122 valence electrons. The molecule has 0 saturated carbocycles. The van der Waals surface area contributed by atoms with Crippen molar-refractivity contribution in [2.45, 2.75) is 19.9 Å². The molecule has 7 nitrogen and oxygen atoms in total. The number of furan rings is 1. The maximum Gasteiger partial charge on any atom is 0.260 e. The molecule has 0 bridgehead atoms. The van der Waals surface area contributed by atoms with Crippen LogP contribution in [-0.4, -0.2) is 41.5 Å². The molecule has 23 heavy (non-hydrogen) atoms. The second-order valence-electron chi connectivity index (χ2n) is 5.06. The fourth-order valence-electron chi connectivity index (χ4n) is 2.31. The number of ether oxygens (including phenoxy) is 1. The minimum Gasteiger partial charge on any atom is -0.472 e. The van der Waals surface area contributed by atoms with Gasteiger partial charge in [0.2, 0.25) is 5.91 Å². The van der Waals surface area contributed by atoms with Crippen molar-refractivity contribution in [3.8, 4) is 0 Å². The molecule has 2 aromatic heterocycles. The van der Waals surface area contributed by atoms with Crippen molar-refractivity contribution < 1.29 is 18.7 Å². The fourth-order valence-corrected chi connectivity index (χ4v) is 3.32. The molecule has 0 fully saturated rings. The van der Waals surface area contributed by atoms with Gasteiger partial charge >= 0.3 is 0 Å². The molecule has 0 unspecified atom stereocenters. The van der Waals surface area contributed by atoms with Crippen molar-refractivity contribution in [3.05, 3.63) is 34.7 Å². The van der Waals surface area contributed by atoms with Gasteiger partial charge < -0.3 is 14.1 Å². The largest absolute Gasteiger partial charge is 0.472 e. The van der Waals surface area contributed by atoms with E-state index in [-0.39, 0.29) is 18.4 Å². The fraction of sp³-hybridized carbons (Fsp3) is 0.400. The summed E-state index contributed by atoms with van der Waals surface area (Å²) in [5, 5.41) is 3.30. The van der Waals surface area contributed by atoms with Crippen LogP contribution in [0.4, 0.5) is 5.13 Å². The quantitative estimate of drug-likeness (QED) is 0.902. The van der Waals surface area contributed by atoms with Crippen LogP contribution in [0.15, 0.2) is 23.0 Å². The zero-order valence-electron chi connectivity index (χ0n) is 12.7. The van der Waals surface area contributed by atoms with Gasteiger partial charge in [-0.15, -0.1) is 0 Å². The number of anilines is 1. The lowest BCUT2D eigenvalue weighted by Gasteiger charge is -2.25. The van der Waals surface area contributed by atoms with Gasteiger partial charge in [-0.3, -0.25) is 14.9 Å². The summed E-state index contributed by atoms with van der Waals surface area (Å²) in [6, 6.07) is 1.59. The van der Waals surface area contributed by atoms with Crippen molar-refractivity contribution in [2.24, 2.45) is 0 Å². The Kier molecular flexibility index (Phi) is 4.73. The van der Waals surface area contributed by atoms with E-state index in [1.807, 2.05) is 6.92 Å². The van der Waals surface area contributed by atoms with Crippen LogP contribution in [0.3, 0.4) is 0 Å². The second-order valence-corrected chi connectivity index (χ2v) is 6.14. The van der Waals surface area contributed by atoms with Gasteiger partial charge in [-0.2, -0.15) is 0 Å². The molecule has 0 aromatic carbocycles. The molecular weight excluding hydrogens is 318 g/mol. The van der Waals surface area contributed by atoms with Gasteiger partial charge in [0, 0.05) is 24.4 Å². The summed E-state index contributed by atoms with van der Waals surface area (Å²) in [7, 11) is 0. The van der Waals surface area contributed by atoms with E-state index in [4.69, 9.17) is 9.15 Å². The van der Waals surface area contributed by atoms with Crippen LogP contribution < -0.4 is 5.32 Å². The van der Waals surface area contributed by atoms with Gasteiger partial charge in [0.1, 0.15) is 12.9 Å². The van der Waals surface area contributed by atoms with Crippen LogP contribution in [0.1, 0.15) is 27.9 Å². The number of carbonyl (C=O) groups excluding carboxylic acids is 2. The van der Waals surface area contributed by atoms with E-state index in [2.05, 4.69) is 10.3 Å². The van der Waals surface area contributed by atoms with Crippen molar-refractivity contribution >= 4 is 28.3 Å². The highest BCUT2D eigenvalue weighted by Crippen LogP contribution is 2.28. The summed E-state index contributed by atoms with van der Waals surface area (Å²) in [6.07, 6.45) is 3.52. The highest BCUT2D eigenvalue weighted by atomic mass is 32.1. The zero-order valence-corrected chi connectivity index (χ0v) is 13.5. The lowest BCUT2D eigenvalue weighted by molar-refractivity contribution is -0.136. The number of hydrogen-bond acceptors (Lipinski definition) is 6. The average Bonchev–Trinajstić information content (AvgIpc) is 3.20. The first-order valence-electron chi connectivity index (χ1n) is 7.35. The SMILES string of the molecule is CCOCC(=O)N1CCc2nc(NC(=O)c3ccoc3)sc2C1. The van der Waals surface area contributed by atoms with Crippen LogP contribution in [0.25, 0.3) is 0 Å². The smallest absolute Gasteiger partial charge is 0.260 e. The molecule has 3 heterocycles. The Morgan fingerprint density at radius 1 is 1.52 bits per heavy atom. The van der Waals surface area contributed by atoms with Crippen LogP contribution >= 0.6 is 11.3 Å². The van der Waals surface area contributed by atoms with Gasteiger partial charge in [0.25, 0.3) is 5.91 Å². The van der Waals surface area contributed by atoms with E-state index in [0.717, 1.165) is 10.6 Å². The highest BCUT2D eigenvalue weighted by Gasteiger charge is 2.24. The summed E-state index contributed by atoms with van der Waals surface area (Å²) in [5.41, 5.74) is 1.39. The van der Waals surface area contributed by atoms with Gasteiger partial charge in [0.05, 0.1) is 24.1 Å². The zero-order chi connectivity index (χ0) is 16.2. The first-order valence-corrected chi connectivity index (χ1v) is 8.16. The van der Waals surface area contributed by atoms with Gasteiger partial charge in [-0.25, -0.2) is 4.98 Å². The van der Waals surface area contributed by atoms with Crippen LogP contribution in [0.2, 0.25) is 0 Å². The Morgan fingerprint density at radius 3 is 3.13 bits per heavy atom. The molecule has 3 rings (SSSR count). The second kappa shape index (κ2) is 6.93. The third kappa shape index (κ3) is 3.59. The van der Waals surface area contributed by atoms with Crippen LogP contribution in [0, 0.1) is 0 Å². The number of hydrogen-bond donors (Lipinski definition) is 1. The first kappa shape index (κ1) is 15.7. The van der Waals surface area contributed by atoms with Crippen molar-refractivity contribution in [2.75, 3.05) is 25.1 Å². The molecule has 0 saturated heterocycles. The number of aromatic nitrogens is 1. The number of amides is 2. The summed E-state index contributed by atoms with van der Waals surface area (Å²) in [6.45, 7) is 3.63. The Labute approximate surface area is 137 Å². The molecule has 0 spiro atoms. The Bertz CT molecular complexity index is 696. The molecule has 0 atom stereocenters. The number of nitrogens with zero attached hydrogens (tertiary/aromatic N) is 2. The molecule has 0 radical (unpaired) electrons. The first-order chi connectivity index (χ1) is 11.2. The van der Waals surface area contributed by atoms with E-state index in [1.165, 1.54) is 23.9 Å². The van der Waals surface area contributed by atoms with E-state index in [1.54, 1.807) is 11.0 Å². The molecule has 1 aliphatic heterocycles. The number of fused-ring (bicyclic) bond motifs is 1. The maximum absolute atomic E-state index is 12.0. The van der Waals surface area contributed by atoms with Crippen LogP contribution in [-0.2, 0) is 22.5 Å². The van der Waals surface area contributed by atoms with Gasteiger partial charge in [0.15, 0.2) is 5.13 Å². The standard InChI is InChI=1S/C15H17N3O4S/c1-2-21-9-13(19)18-5-3-11-12(7-18)23-15(16-11)17-14(20)10-4-6-22-8-10/h4,6,8H,2-3,5,7,9H2,1H3,(H,16,17,20). The lowest BCUT2D eigenvalue weighted by Crippen LogP contribution is -2.37. The van der Waals surface area contributed by atoms with E-state index < -0.39 is 0 Å². The number of nitrogens with one attached hydrogen (secondary N) is 1. The molecule has 8 heteroatoms. The summed E-state index contributed by atoms with van der Waals surface area (Å²) < 4.78 is 10.1. The van der Waals surface area contributed by atoms with Gasteiger partial charge in [-0.1, -0.05) is 11.3 Å². The molecule has 1 aliphatic rings. The third-order valence-corrected chi connectivity index (χ3v) is 4.52. The lowest BCUT2D eigenvalue weighted by atomic mass is 10.2. The van der Waals surface area contributed by atoms with Crippen LogP contribution in [0.5, 0.6) is 0 Å². The average molecular weight is 335 g/mol. The predicted molar refractivity (Wildman–Crippen MR) is 84.4 cm³/mol. The van der Waals surface area contributed by atoms with E-state index in [9.17, 15) is 9.59 Å². The maximum atomic E-state index is 12.0.